The first-order chi connectivity index (χ1) is 6.62. The topological polar surface area (TPSA) is 60.2 Å². The Morgan fingerprint density at radius 2 is 2.50 bits per heavy atom. The summed E-state index contributed by atoms with van der Waals surface area (Å²) in [6.45, 7) is 3.09. The van der Waals surface area contributed by atoms with Gasteiger partial charge in [-0.25, -0.2) is 0 Å². The van der Waals surface area contributed by atoms with Gasteiger partial charge in [0, 0.05) is 19.6 Å². The van der Waals surface area contributed by atoms with Crippen molar-refractivity contribution in [1.82, 2.24) is 14.8 Å². The van der Waals surface area contributed by atoms with E-state index in [0.29, 0.717) is 12.4 Å². The molecule has 0 aliphatic carbocycles. The Morgan fingerprint density at radius 3 is 3.00 bits per heavy atom. The zero-order chi connectivity index (χ0) is 10.2. The summed E-state index contributed by atoms with van der Waals surface area (Å²) >= 11 is 0. The Bertz CT molecular complexity index is 316. The van der Waals surface area contributed by atoms with Crippen molar-refractivity contribution < 1.29 is 9.84 Å². The van der Waals surface area contributed by atoms with E-state index in [2.05, 4.69) is 10.2 Å². The van der Waals surface area contributed by atoms with Crippen LogP contribution >= 0.6 is 0 Å². The van der Waals surface area contributed by atoms with E-state index < -0.39 is 5.60 Å². The molecule has 0 amide bonds. The first-order valence-electron chi connectivity index (χ1n) is 4.77. The molecule has 0 radical (unpaired) electrons. The van der Waals surface area contributed by atoms with Crippen LogP contribution in [0.15, 0.2) is 6.33 Å². The quantitative estimate of drug-likeness (QED) is 0.728. The molecular formula is C9H15N3O2. The molecule has 2 unspecified atom stereocenters. The molecule has 1 aromatic heterocycles. The van der Waals surface area contributed by atoms with Gasteiger partial charge in [0.05, 0.1) is 6.61 Å². The van der Waals surface area contributed by atoms with E-state index in [-0.39, 0.29) is 5.92 Å². The second-order valence-electron chi connectivity index (χ2n) is 3.97. The van der Waals surface area contributed by atoms with E-state index in [1.165, 1.54) is 0 Å². The molecule has 0 bridgehead atoms. The van der Waals surface area contributed by atoms with E-state index in [9.17, 15) is 5.11 Å². The van der Waals surface area contributed by atoms with Crippen molar-refractivity contribution in [2.75, 3.05) is 13.2 Å². The number of rotatable bonds is 2. The van der Waals surface area contributed by atoms with Gasteiger partial charge in [-0.3, -0.25) is 0 Å². The number of ether oxygens (including phenoxy) is 1. The highest BCUT2D eigenvalue weighted by molar-refractivity contribution is 5.03. The fourth-order valence-corrected chi connectivity index (χ4v) is 1.90. The van der Waals surface area contributed by atoms with Crippen LogP contribution < -0.4 is 0 Å². The van der Waals surface area contributed by atoms with Gasteiger partial charge in [-0.1, -0.05) is 0 Å². The lowest BCUT2D eigenvalue weighted by Crippen LogP contribution is -2.35. The van der Waals surface area contributed by atoms with Crippen LogP contribution in [0.2, 0.25) is 0 Å². The second kappa shape index (κ2) is 3.33. The second-order valence-corrected chi connectivity index (χ2v) is 3.97. The Balaban J connectivity index is 2.26. The van der Waals surface area contributed by atoms with Gasteiger partial charge in [-0.15, -0.1) is 10.2 Å². The molecule has 78 valence electrons. The number of hydrogen-bond acceptors (Lipinski definition) is 4. The monoisotopic (exact) mass is 197 g/mol. The minimum atomic E-state index is -0.943. The van der Waals surface area contributed by atoms with Crippen molar-refractivity contribution in [2.24, 2.45) is 13.0 Å². The molecular weight excluding hydrogens is 182 g/mol. The zero-order valence-corrected chi connectivity index (χ0v) is 8.47. The van der Waals surface area contributed by atoms with Gasteiger partial charge >= 0.3 is 0 Å². The molecule has 1 N–H and O–H groups in total. The van der Waals surface area contributed by atoms with E-state index in [1.54, 1.807) is 17.8 Å². The van der Waals surface area contributed by atoms with Gasteiger partial charge in [-0.05, 0) is 13.3 Å². The number of hydrogen-bond donors (Lipinski definition) is 1. The predicted molar refractivity (Wildman–Crippen MR) is 49.5 cm³/mol. The SMILES string of the molecule is Cn1cnnc1C(C)(O)C1CCOC1. The fraction of sp³-hybridized carbons (Fsp3) is 0.778. The van der Waals surface area contributed by atoms with Crippen LogP contribution in [0.5, 0.6) is 0 Å². The summed E-state index contributed by atoms with van der Waals surface area (Å²) < 4.78 is 7.01. The van der Waals surface area contributed by atoms with Gasteiger partial charge in [0.2, 0.25) is 0 Å². The number of aliphatic hydroxyl groups is 1. The van der Waals surface area contributed by atoms with Gasteiger partial charge in [-0.2, -0.15) is 0 Å². The largest absolute Gasteiger partial charge is 0.382 e. The minimum Gasteiger partial charge on any atom is -0.382 e. The minimum absolute atomic E-state index is 0.116. The van der Waals surface area contributed by atoms with Crippen molar-refractivity contribution >= 4 is 0 Å². The highest BCUT2D eigenvalue weighted by atomic mass is 16.5. The molecule has 0 saturated carbocycles. The molecule has 1 aromatic rings. The number of aryl methyl sites for hydroxylation is 1. The maximum atomic E-state index is 10.4. The molecule has 1 aliphatic heterocycles. The first kappa shape index (κ1) is 9.61. The van der Waals surface area contributed by atoms with Crippen LogP contribution in [0.1, 0.15) is 19.2 Å². The zero-order valence-electron chi connectivity index (χ0n) is 8.47. The van der Waals surface area contributed by atoms with Crippen LogP contribution in [0, 0.1) is 5.92 Å². The molecule has 1 fully saturated rings. The molecule has 14 heavy (non-hydrogen) atoms. The Kier molecular flexibility index (Phi) is 2.28. The lowest BCUT2D eigenvalue weighted by atomic mass is 9.88. The normalized spacial score (nSPS) is 26.4. The molecule has 5 nitrogen and oxygen atoms in total. The Morgan fingerprint density at radius 1 is 1.71 bits per heavy atom. The average Bonchev–Trinajstić information content (AvgIpc) is 2.72. The molecule has 0 spiro atoms. The lowest BCUT2D eigenvalue weighted by Gasteiger charge is -2.27. The third kappa shape index (κ3) is 1.42. The summed E-state index contributed by atoms with van der Waals surface area (Å²) in [4.78, 5) is 0. The molecule has 2 atom stereocenters. The van der Waals surface area contributed by atoms with Crippen LogP contribution in [0.4, 0.5) is 0 Å². The van der Waals surface area contributed by atoms with Crippen molar-refractivity contribution in [3.63, 3.8) is 0 Å². The van der Waals surface area contributed by atoms with Gasteiger partial charge in [0.15, 0.2) is 5.82 Å². The standard InChI is InChI=1S/C9H15N3O2/c1-9(13,7-3-4-14-5-7)8-11-10-6-12(8)2/h6-7,13H,3-5H2,1-2H3. The maximum absolute atomic E-state index is 10.4. The maximum Gasteiger partial charge on any atom is 0.164 e. The smallest absolute Gasteiger partial charge is 0.164 e. The molecule has 2 heterocycles. The molecule has 1 saturated heterocycles. The molecule has 2 rings (SSSR count). The number of aromatic nitrogens is 3. The Labute approximate surface area is 82.7 Å². The van der Waals surface area contributed by atoms with Gasteiger partial charge in [0.1, 0.15) is 11.9 Å². The molecule has 5 heteroatoms. The number of nitrogens with zero attached hydrogens (tertiary/aromatic N) is 3. The summed E-state index contributed by atoms with van der Waals surface area (Å²) in [6, 6.07) is 0. The third-order valence-corrected chi connectivity index (χ3v) is 2.89. The van der Waals surface area contributed by atoms with E-state index in [4.69, 9.17) is 4.74 Å². The van der Waals surface area contributed by atoms with Crippen LogP contribution in [0.3, 0.4) is 0 Å². The summed E-state index contributed by atoms with van der Waals surface area (Å²) in [7, 11) is 1.83. The summed E-state index contributed by atoms with van der Waals surface area (Å²) in [5.41, 5.74) is -0.943. The highest BCUT2D eigenvalue weighted by Gasteiger charge is 2.39. The third-order valence-electron chi connectivity index (χ3n) is 2.89. The van der Waals surface area contributed by atoms with Crippen molar-refractivity contribution in [3.05, 3.63) is 12.2 Å². The van der Waals surface area contributed by atoms with Gasteiger partial charge in [0.25, 0.3) is 0 Å². The van der Waals surface area contributed by atoms with E-state index >= 15 is 0 Å². The summed E-state index contributed by atoms with van der Waals surface area (Å²) in [5.74, 6) is 0.721. The van der Waals surface area contributed by atoms with E-state index in [0.717, 1.165) is 13.0 Å². The Hall–Kier alpha value is -0.940. The molecule has 0 aromatic carbocycles. The van der Waals surface area contributed by atoms with Crippen LogP contribution in [0.25, 0.3) is 0 Å². The van der Waals surface area contributed by atoms with Crippen LogP contribution in [-0.4, -0.2) is 33.1 Å². The van der Waals surface area contributed by atoms with Gasteiger partial charge < -0.3 is 14.4 Å². The summed E-state index contributed by atoms with van der Waals surface area (Å²) in [6.07, 6.45) is 2.47. The highest BCUT2D eigenvalue weighted by Crippen LogP contribution is 2.32. The van der Waals surface area contributed by atoms with Crippen molar-refractivity contribution in [3.8, 4) is 0 Å². The fourth-order valence-electron chi connectivity index (χ4n) is 1.90. The first-order valence-corrected chi connectivity index (χ1v) is 4.77. The predicted octanol–water partition coefficient (Wildman–Crippen LogP) is 0.0591. The average molecular weight is 197 g/mol. The van der Waals surface area contributed by atoms with Crippen LogP contribution in [-0.2, 0) is 17.4 Å². The molecule has 1 aliphatic rings. The van der Waals surface area contributed by atoms with Crippen molar-refractivity contribution in [2.45, 2.75) is 18.9 Å². The lowest BCUT2D eigenvalue weighted by molar-refractivity contribution is -0.0200. The summed E-state index contributed by atoms with van der Waals surface area (Å²) in [5, 5.41) is 18.1. The van der Waals surface area contributed by atoms with E-state index in [1.807, 2.05) is 7.05 Å². The van der Waals surface area contributed by atoms with Crippen molar-refractivity contribution in [1.29, 1.82) is 0 Å².